The maximum Gasteiger partial charge on any atom is 0.330 e. The summed E-state index contributed by atoms with van der Waals surface area (Å²) in [7, 11) is 4.92. The highest BCUT2D eigenvalue weighted by Gasteiger charge is 1.86. The van der Waals surface area contributed by atoms with Gasteiger partial charge in [0.2, 0.25) is 0 Å². The molecule has 0 amide bonds. The number of hydrazone groups is 1. The highest BCUT2D eigenvalue weighted by Crippen LogP contribution is 1.77. The SMILES string of the molecule is COC(=O)/C=C/C=N/N(C)C. The number of hydrogen-bond donors (Lipinski definition) is 0. The Bertz CT molecular complexity index is 173. The fourth-order valence-electron chi connectivity index (χ4n) is 0.361. The topological polar surface area (TPSA) is 41.9 Å². The predicted molar refractivity (Wildman–Crippen MR) is 43.3 cm³/mol. The fraction of sp³-hybridized carbons (Fsp3) is 0.429. The lowest BCUT2D eigenvalue weighted by atomic mass is 10.5. The van der Waals surface area contributed by atoms with Crippen molar-refractivity contribution in [2.24, 2.45) is 5.10 Å². The molecule has 4 heteroatoms. The molecule has 0 rings (SSSR count). The van der Waals surface area contributed by atoms with E-state index in [0.29, 0.717) is 0 Å². The lowest BCUT2D eigenvalue weighted by Crippen LogP contribution is -2.01. The molecular weight excluding hydrogens is 144 g/mol. The van der Waals surface area contributed by atoms with Gasteiger partial charge < -0.3 is 9.75 Å². The first-order valence-corrected chi connectivity index (χ1v) is 3.12. The number of allylic oxidation sites excluding steroid dienone is 1. The molecule has 11 heavy (non-hydrogen) atoms. The molecule has 0 N–H and O–H groups in total. The van der Waals surface area contributed by atoms with E-state index < -0.39 is 0 Å². The molecule has 0 saturated carbocycles. The molecule has 0 spiro atoms. The second kappa shape index (κ2) is 5.46. The zero-order chi connectivity index (χ0) is 8.69. The third kappa shape index (κ3) is 6.57. The van der Waals surface area contributed by atoms with Crippen molar-refractivity contribution in [3.05, 3.63) is 12.2 Å². The van der Waals surface area contributed by atoms with Crippen molar-refractivity contribution in [3.8, 4) is 0 Å². The largest absolute Gasteiger partial charge is 0.466 e. The Morgan fingerprint density at radius 1 is 1.55 bits per heavy atom. The second-order valence-corrected chi connectivity index (χ2v) is 1.99. The molecule has 0 aliphatic rings. The molecule has 0 unspecified atom stereocenters. The van der Waals surface area contributed by atoms with Crippen molar-refractivity contribution in [2.45, 2.75) is 0 Å². The number of carbonyl (C=O) groups excluding carboxylic acids is 1. The minimum absolute atomic E-state index is 0.379. The molecule has 0 saturated heterocycles. The van der Waals surface area contributed by atoms with Crippen molar-refractivity contribution < 1.29 is 9.53 Å². The molecule has 0 fully saturated rings. The molecule has 0 aromatic rings. The number of hydrogen-bond acceptors (Lipinski definition) is 4. The van der Waals surface area contributed by atoms with Gasteiger partial charge in [-0.2, -0.15) is 5.10 Å². The Kier molecular flexibility index (Phi) is 4.81. The number of rotatable bonds is 3. The number of nitrogens with zero attached hydrogens (tertiary/aromatic N) is 2. The van der Waals surface area contributed by atoms with E-state index in [4.69, 9.17) is 0 Å². The van der Waals surface area contributed by atoms with Crippen LogP contribution in [0.4, 0.5) is 0 Å². The van der Waals surface area contributed by atoms with Crippen LogP contribution in [0.5, 0.6) is 0 Å². The van der Waals surface area contributed by atoms with Crippen LogP contribution in [0.25, 0.3) is 0 Å². The van der Waals surface area contributed by atoms with E-state index >= 15 is 0 Å². The van der Waals surface area contributed by atoms with Crippen LogP contribution in [-0.4, -0.2) is 38.4 Å². The van der Waals surface area contributed by atoms with Gasteiger partial charge in [0.05, 0.1) is 7.11 Å². The van der Waals surface area contributed by atoms with Gasteiger partial charge in [0.1, 0.15) is 0 Å². The van der Waals surface area contributed by atoms with Crippen LogP contribution in [-0.2, 0) is 9.53 Å². The highest BCUT2D eigenvalue weighted by molar-refractivity contribution is 5.87. The molecule has 4 nitrogen and oxygen atoms in total. The summed E-state index contributed by atoms with van der Waals surface area (Å²) in [6.45, 7) is 0. The van der Waals surface area contributed by atoms with Gasteiger partial charge in [0.15, 0.2) is 0 Å². The average Bonchev–Trinajstić information content (AvgIpc) is 1.97. The molecular formula is C7H12N2O2. The third-order valence-electron chi connectivity index (χ3n) is 0.817. The van der Waals surface area contributed by atoms with Crippen molar-refractivity contribution >= 4 is 12.2 Å². The van der Waals surface area contributed by atoms with E-state index in [1.54, 1.807) is 19.1 Å². The van der Waals surface area contributed by atoms with Gasteiger partial charge in [-0.3, -0.25) is 0 Å². The smallest absolute Gasteiger partial charge is 0.330 e. The van der Waals surface area contributed by atoms with Crippen molar-refractivity contribution in [3.63, 3.8) is 0 Å². The summed E-state index contributed by atoms with van der Waals surface area (Å²) in [6.07, 6.45) is 4.33. The van der Waals surface area contributed by atoms with Crippen LogP contribution >= 0.6 is 0 Å². The Morgan fingerprint density at radius 2 is 2.18 bits per heavy atom. The molecule has 0 atom stereocenters. The second-order valence-electron chi connectivity index (χ2n) is 1.99. The summed E-state index contributed by atoms with van der Waals surface area (Å²) in [6, 6.07) is 0. The van der Waals surface area contributed by atoms with Crippen molar-refractivity contribution in [2.75, 3.05) is 21.2 Å². The van der Waals surface area contributed by atoms with E-state index in [2.05, 4.69) is 9.84 Å². The molecule has 0 radical (unpaired) electrons. The Balaban J connectivity index is 3.68. The van der Waals surface area contributed by atoms with E-state index in [1.165, 1.54) is 25.5 Å². The van der Waals surface area contributed by atoms with Gasteiger partial charge in [0, 0.05) is 26.4 Å². The minimum Gasteiger partial charge on any atom is -0.466 e. The fourth-order valence-corrected chi connectivity index (χ4v) is 0.361. The van der Waals surface area contributed by atoms with Gasteiger partial charge in [-0.05, 0) is 6.08 Å². The van der Waals surface area contributed by atoms with Gasteiger partial charge in [-0.25, -0.2) is 4.79 Å². The number of methoxy groups -OCH3 is 1. The lowest BCUT2D eigenvalue weighted by Gasteiger charge is -1.99. The highest BCUT2D eigenvalue weighted by atomic mass is 16.5. The van der Waals surface area contributed by atoms with Gasteiger partial charge in [0.25, 0.3) is 0 Å². The van der Waals surface area contributed by atoms with E-state index in [9.17, 15) is 4.79 Å². The summed E-state index contributed by atoms with van der Waals surface area (Å²) in [4.78, 5) is 10.5. The average molecular weight is 156 g/mol. The van der Waals surface area contributed by atoms with E-state index in [0.717, 1.165) is 0 Å². The van der Waals surface area contributed by atoms with E-state index in [1.807, 2.05) is 0 Å². The zero-order valence-electron chi connectivity index (χ0n) is 6.94. The standard InChI is InChI=1S/C7H12N2O2/c1-9(2)8-6-4-5-7(10)11-3/h4-6H,1-3H3/b5-4+,8-6+. The first-order valence-electron chi connectivity index (χ1n) is 3.12. The first-order chi connectivity index (χ1) is 5.16. The molecule has 62 valence electrons. The summed E-state index contributed by atoms with van der Waals surface area (Å²) in [5.41, 5.74) is 0. The first kappa shape index (κ1) is 9.68. The lowest BCUT2D eigenvalue weighted by molar-refractivity contribution is -0.134. The van der Waals surface area contributed by atoms with E-state index in [-0.39, 0.29) is 5.97 Å². The molecule has 0 aromatic heterocycles. The summed E-state index contributed by atoms with van der Waals surface area (Å²) < 4.78 is 4.36. The zero-order valence-corrected chi connectivity index (χ0v) is 6.94. The van der Waals surface area contributed by atoms with Crippen LogP contribution < -0.4 is 0 Å². The van der Waals surface area contributed by atoms with Gasteiger partial charge in [-0.1, -0.05) is 0 Å². The third-order valence-corrected chi connectivity index (χ3v) is 0.817. The quantitative estimate of drug-likeness (QED) is 0.255. The maximum absolute atomic E-state index is 10.5. The Hall–Kier alpha value is -1.32. The van der Waals surface area contributed by atoms with Crippen LogP contribution in [0.15, 0.2) is 17.3 Å². The number of carbonyl (C=O) groups is 1. The molecule has 0 aliphatic heterocycles. The summed E-state index contributed by atoms with van der Waals surface area (Å²) >= 11 is 0. The number of ether oxygens (including phenoxy) is 1. The Labute approximate surface area is 66.1 Å². The normalized spacial score (nSPS) is 10.8. The maximum atomic E-state index is 10.5. The predicted octanol–water partition coefficient (Wildman–Crippen LogP) is 0.263. The molecule has 0 heterocycles. The van der Waals surface area contributed by atoms with Crippen molar-refractivity contribution in [1.29, 1.82) is 0 Å². The minimum atomic E-state index is -0.379. The Morgan fingerprint density at radius 3 is 2.64 bits per heavy atom. The van der Waals surface area contributed by atoms with Gasteiger partial charge in [-0.15, -0.1) is 0 Å². The van der Waals surface area contributed by atoms with Crippen LogP contribution in [0.3, 0.4) is 0 Å². The van der Waals surface area contributed by atoms with Crippen LogP contribution in [0.2, 0.25) is 0 Å². The molecule has 0 bridgehead atoms. The van der Waals surface area contributed by atoms with Crippen molar-refractivity contribution in [1.82, 2.24) is 5.01 Å². The molecule has 0 aromatic carbocycles. The van der Waals surface area contributed by atoms with Gasteiger partial charge >= 0.3 is 5.97 Å². The summed E-state index contributed by atoms with van der Waals surface area (Å²) in [5.74, 6) is -0.379. The monoisotopic (exact) mass is 156 g/mol. The van der Waals surface area contributed by atoms with Crippen LogP contribution in [0.1, 0.15) is 0 Å². The number of esters is 1. The molecule has 0 aliphatic carbocycles. The van der Waals surface area contributed by atoms with Crippen LogP contribution in [0, 0.1) is 0 Å². The summed E-state index contributed by atoms with van der Waals surface area (Å²) in [5, 5.41) is 5.47.